The van der Waals surface area contributed by atoms with Crippen molar-refractivity contribution < 1.29 is 38.2 Å². The van der Waals surface area contributed by atoms with Gasteiger partial charge in [-0.1, -0.05) is 19.0 Å². The van der Waals surface area contributed by atoms with Crippen LogP contribution in [-0.2, 0) is 14.3 Å². The lowest BCUT2D eigenvalue weighted by atomic mass is 9.82. The summed E-state index contributed by atoms with van der Waals surface area (Å²) in [5.41, 5.74) is 6.63. The lowest BCUT2D eigenvalue weighted by Crippen LogP contribution is -2.51. The highest BCUT2D eigenvalue weighted by molar-refractivity contribution is 5.89. The van der Waals surface area contributed by atoms with Gasteiger partial charge in [0.05, 0.1) is 12.3 Å². The van der Waals surface area contributed by atoms with Crippen molar-refractivity contribution in [2.45, 2.75) is 63.8 Å². The van der Waals surface area contributed by atoms with E-state index in [0.29, 0.717) is 30.3 Å². The molecule has 1 saturated heterocycles. The Bertz CT molecular complexity index is 1040. The normalized spacial score (nSPS) is 15.0. The molecule has 10 nitrogen and oxygen atoms in total. The number of amides is 1. The molecule has 0 unspecified atom stereocenters. The molecule has 1 aromatic carbocycles. The number of carboxylic acid groups (broad SMARTS) is 2. The Hall–Kier alpha value is -3.47. The molecule has 0 spiro atoms. The molecule has 36 heavy (non-hydrogen) atoms. The minimum absolute atomic E-state index is 0.112. The third-order valence-electron chi connectivity index (χ3n) is 6.73. The third kappa shape index (κ3) is 8.04. The van der Waals surface area contributed by atoms with Crippen LogP contribution in [0.4, 0.5) is 9.18 Å². The average molecular weight is 508 g/mol. The van der Waals surface area contributed by atoms with Crippen LogP contribution in [0, 0.1) is 5.82 Å². The van der Waals surface area contributed by atoms with E-state index >= 15 is 0 Å². The number of likely N-dealkylation sites (tertiary alicyclic amines) is 1. The fourth-order valence-electron chi connectivity index (χ4n) is 4.78. The third-order valence-corrected chi connectivity index (χ3v) is 6.73. The Morgan fingerprint density at radius 1 is 1.19 bits per heavy atom. The molecule has 0 aliphatic carbocycles. The number of primary amides is 1. The summed E-state index contributed by atoms with van der Waals surface area (Å²) in [6, 6.07) is 4.63. The van der Waals surface area contributed by atoms with Gasteiger partial charge in [-0.15, -0.1) is 0 Å². The summed E-state index contributed by atoms with van der Waals surface area (Å²) < 4.78 is 23.6. The van der Waals surface area contributed by atoms with Crippen LogP contribution in [0.25, 0.3) is 11.0 Å². The van der Waals surface area contributed by atoms with E-state index in [1.165, 1.54) is 12.1 Å². The zero-order valence-corrected chi connectivity index (χ0v) is 20.6. The van der Waals surface area contributed by atoms with Gasteiger partial charge in [0.2, 0.25) is 0 Å². The average Bonchev–Trinajstić information content (AvgIpc) is 3.27. The number of aliphatic carboxylic acids is 2. The molecule has 198 valence electrons. The van der Waals surface area contributed by atoms with Crippen LogP contribution in [0.3, 0.4) is 0 Å². The van der Waals surface area contributed by atoms with E-state index in [2.05, 4.69) is 23.9 Å². The molecular weight excluding hydrogens is 473 g/mol. The SMILES string of the molecule is CCC(CC)(CCCOC(N)=O)N1CCC(c2noc3cc(F)ccc23)CC1.O=C(O)C=CC(=O)O. The highest BCUT2D eigenvalue weighted by atomic mass is 19.1. The number of nitrogens with zero attached hydrogens (tertiary/aromatic N) is 2. The molecule has 1 aliphatic rings. The minimum Gasteiger partial charge on any atom is -0.478 e. The molecule has 1 fully saturated rings. The number of hydrogen-bond acceptors (Lipinski definition) is 7. The molecule has 0 atom stereocenters. The number of benzene rings is 1. The molecule has 1 aromatic heterocycles. The van der Waals surface area contributed by atoms with Gasteiger partial charge in [0.15, 0.2) is 5.58 Å². The quantitative estimate of drug-likeness (QED) is 0.315. The second-order valence-electron chi connectivity index (χ2n) is 8.68. The van der Waals surface area contributed by atoms with Crippen LogP contribution in [-0.4, -0.2) is 63.5 Å². The zero-order valence-electron chi connectivity index (χ0n) is 20.6. The van der Waals surface area contributed by atoms with Crippen LogP contribution in [0.15, 0.2) is 34.9 Å². The Labute approximate surface area is 208 Å². The molecule has 0 bridgehead atoms. The Kier molecular flexibility index (Phi) is 10.8. The van der Waals surface area contributed by atoms with Gasteiger partial charge in [0.1, 0.15) is 5.82 Å². The van der Waals surface area contributed by atoms with E-state index in [9.17, 15) is 18.8 Å². The summed E-state index contributed by atoms with van der Waals surface area (Å²) in [5, 5.41) is 20.8. The molecule has 2 aromatic rings. The van der Waals surface area contributed by atoms with E-state index in [1.807, 2.05) is 0 Å². The number of nitrogens with two attached hydrogens (primary N) is 1. The molecule has 3 rings (SSSR count). The maximum atomic E-state index is 13.4. The predicted octanol–water partition coefficient (Wildman–Crippen LogP) is 4.29. The number of hydrogen-bond donors (Lipinski definition) is 3. The van der Waals surface area contributed by atoms with Crippen molar-refractivity contribution >= 4 is 29.0 Å². The van der Waals surface area contributed by atoms with Crippen LogP contribution >= 0.6 is 0 Å². The molecule has 0 radical (unpaired) electrons. The van der Waals surface area contributed by atoms with Gasteiger partial charge in [0.25, 0.3) is 0 Å². The first-order valence-electron chi connectivity index (χ1n) is 12.0. The minimum atomic E-state index is -1.26. The maximum absolute atomic E-state index is 13.4. The second kappa shape index (κ2) is 13.6. The van der Waals surface area contributed by atoms with Gasteiger partial charge in [-0.05, 0) is 63.7 Å². The van der Waals surface area contributed by atoms with E-state index in [4.69, 9.17) is 25.2 Å². The van der Waals surface area contributed by atoms with Crippen molar-refractivity contribution in [3.05, 3.63) is 41.9 Å². The van der Waals surface area contributed by atoms with Gasteiger partial charge in [-0.25, -0.2) is 18.8 Å². The summed E-state index contributed by atoms with van der Waals surface area (Å²) in [7, 11) is 0. The van der Waals surface area contributed by atoms with E-state index in [-0.39, 0.29) is 11.4 Å². The standard InChI is InChI=1S/C21H30FN3O3.C4H4O4/c1-3-21(4-2,10-5-13-27-20(23)26)25-11-8-15(9-12-25)19-17-7-6-16(22)14-18(17)28-24-19;5-3(6)1-2-4(7)8/h6-7,14-15H,3-5,8-13H2,1-2H3,(H2,23,26);1-2H,(H,5,6)(H,7,8). The van der Waals surface area contributed by atoms with Crippen molar-refractivity contribution in [3.8, 4) is 0 Å². The zero-order chi connectivity index (χ0) is 26.7. The summed E-state index contributed by atoms with van der Waals surface area (Å²) in [6.07, 6.45) is 6.29. The fraction of sp³-hybridized carbons (Fsp3) is 0.520. The van der Waals surface area contributed by atoms with Crippen LogP contribution < -0.4 is 5.73 Å². The highest BCUT2D eigenvalue weighted by Gasteiger charge is 2.36. The molecule has 2 heterocycles. The number of ether oxygens (including phenoxy) is 1. The van der Waals surface area contributed by atoms with Gasteiger partial charge in [0, 0.05) is 35.1 Å². The number of halogens is 1. The first kappa shape index (κ1) is 28.8. The summed E-state index contributed by atoms with van der Waals surface area (Å²) in [6.45, 7) is 6.79. The molecular formula is C25H34FN3O7. The van der Waals surface area contributed by atoms with Crippen molar-refractivity contribution in [1.82, 2.24) is 10.1 Å². The fourth-order valence-corrected chi connectivity index (χ4v) is 4.78. The number of aromatic nitrogens is 1. The number of carbonyl (C=O) groups excluding carboxylic acids is 1. The first-order valence-corrected chi connectivity index (χ1v) is 12.0. The van der Waals surface area contributed by atoms with Gasteiger partial charge in [-0.3, -0.25) is 4.90 Å². The molecule has 11 heteroatoms. The molecule has 1 amide bonds. The second-order valence-corrected chi connectivity index (χ2v) is 8.68. The maximum Gasteiger partial charge on any atom is 0.404 e. The number of fused-ring (bicyclic) bond motifs is 1. The number of carboxylic acids is 2. The van der Waals surface area contributed by atoms with Crippen LogP contribution in [0.1, 0.15) is 64.0 Å². The van der Waals surface area contributed by atoms with E-state index in [1.54, 1.807) is 6.07 Å². The van der Waals surface area contributed by atoms with Gasteiger partial charge < -0.3 is 25.2 Å². The topological polar surface area (TPSA) is 156 Å². The largest absolute Gasteiger partial charge is 0.478 e. The Morgan fingerprint density at radius 3 is 2.33 bits per heavy atom. The number of piperidine rings is 1. The van der Waals surface area contributed by atoms with Gasteiger partial charge >= 0.3 is 18.0 Å². The van der Waals surface area contributed by atoms with Crippen LogP contribution in [0.5, 0.6) is 0 Å². The summed E-state index contributed by atoms with van der Waals surface area (Å²) >= 11 is 0. The van der Waals surface area contributed by atoms with Crippen molar-refractivity contribution in [2.75, 3.05) is 19.7 Å². The highest BCUT2D eigenvalue weighted by Crippen LogP contribution is 2.38. The smallest absolute Gasteiger partial charge is 0.404 e. The van der Waals surface area contributed by atoms with E-state index in [0.717, 1.165) is 62.7 Å². The summed E-state index contributed by atoms with van der Waals surface area (Å²) in [4.78, 5) is 32.5. The van der Waals surface area contributed by atoms with Crippen LogP contribution in [0.2, 0.25) is 0 Å². The lowest BCUT2D eigenvalue weighted by molar-refractivity contribution is -0.134. The van der Waals surface area contributed by atoms with Crippen molar-refractivity contribution in [2.24, 2.45) is 5.73 Å². The summed E-state index contributed by atoms with van der Waals surface area (Å²) in [5.74, 6) is -2.49. The first-order chi connectivity index (χ1) is 17.1. The van der Waals surface area contributed by atoms with Gasteiger partial charge in [-0.2, -0.15) is 0 Å². The molecule has 0 saturated carbocycles. The lowest BCUT2D eigenvalue weighted by Gasteiger charge is -2.46. The molecule has 4 N–H and O–H groups in total. The Balaban J connectivity index is 0.000000493. The monoisotopic (exact) mass is 507 g/mol. The number of rotatable bonds is 10. The Morgan fingerprint density at radius 2 is 1.81 bits per heavy atom. The number of carbonyl (C=O) groups is 3. The predicted molar refractivity (Wildman–Crippen MR) is 130 cm³/mol. The molecule has 1 aliphatic heterocycles. The van der Waals surface area contributed by atoms with E-state index < -0.39 is 18.0 Å². The van der Waals surface area contributed by atoms with Crippen molar-refractivity contribution in [1.29, 1.82) is 0 Å². The van der Waals surface area contributed by atoms with Crippen molar-refractivity contribution in [3.63, 3.8) is 0 Å².